The Kier molecular flexibility index (Phi) is 4.99. The number of hydrogen-bond donors (Lipinski definition) is 0. The van der Waals surface area contributed by atoms with Crippen molar-refractivity contribution in [1.82, 2.24) is 29.6 Å². The van der Waals surface area contributed by atoms with Crippen molar-refractivity contribution in [3.8, 4) is 17.1 Å². The number of aromatic nitrogens is 6. The van der Waals surface area contributed by atoms with E-state index >= 15 is 0 Å². The lowest BCUT2D eigenvalue weighted by Crippen LogP contribution is -2.23. The van der Waals surface area contributed by atoms with Crippen molar-refractivity contribution in [3.05, 3.63) is 81.0 Å². The summed E-state index contributed by atoms with van der Waals surface area (Å²) in [4.78, 5) is 12.3. The quantitative estimate of drug-likeness (QED) is 0.511. The van der Waals surface area contributed by atoms with Crippen molar-refractivity contribution in [2.75, 3.05) is 0 Å². The second-order valence-corrected chi connectivity index (χ2v) is 7.45. The maximum atomic E-state index is 12.3. The highest BCUT2D eigenvalue weighted by Gasteiger charge is 2.14. The predicted octanol–water partition coefficient (Wildman–Crippen LogP) is 2.96. The maximum absolute atomic E-state index is 12.3. The Hall–Kier alpha value is -3.68. The number of aryl methyl sites for hydroxylation is 5. The van der Waals surface area contributed by atoms with Crippen molar-refractivity contribution in [2.45, 2.75) is 34.3 Å². The standard InChI is InChI=1S/C22H24N6O2/c1-14-7-6-8-21(28-22(29)26(5)24-25-28)19(14)13-30-18-9-10-20(15(2)11-18)27-17(4)12-16(3)23-27/h6-12H,13H2,1-5H3. The summed E-state index contributed by atoms with van der Waals surface area (Å²) in [6.45, 7) is 8.36. The predicted molar refractivity (Wildman–Crippen MR) is 113 cm³/mol. The van der Waals surface area contributed by atoms with Gasteiger partial charge in [-0.2, -0.15) is 14.5 Å². The molecule has 0 bridgehead atoms. The van der Waals surface area contributed by atoms with E-state index in [9.17, 15) is 4.79 Å². The Bertz CT molecular complexity index is 1280. The van der Waals surface area contributed by atoms with Crippen LogP contribution in [-0.4, -0.2) is 29.6 Å². The molecule has 0 aliphatic carbocycles. The molecule has 0 N–H and O–H groups in total. The summed E-state index contributed by atoms with van der Waals surface area (Å²) in [7, 11) is 1.57. The minimum Gasteiger partial charge on any atom is -0.489 e. The van der Waals surface area contributed by atoms with Crippen LogP contribution in [0.5, 0.6) is 5.75 Å². The van der Waals surface area contributed by atoms with E-state index in [1.807, 2.05) is 68.8 Å². The Balaban J connectivity index is 1.62. The summed E-state index contributed by atoms with van der Waals surface area (Å²) in [5.74, 6) is 0.749. The normalized spacial score (nSPS) is 11.1. The average molecular weight is 404 g/mol. The molecule has 0 atom stereocenters. The first-order valence-corrected chi connectivity index (χ1v) is 9.70. The van der Waals surface area contributed by atoms with E-state index in [-0.39, 0.29) is 5.69 Å². The lowest BCUT2D eigenvalue weighted by molar-refractivity contribution is 0.304. The second kappa shape index (κ2) is 7.62. The largest absolute Gasteiger partial charge is 0.489 e. The second-order valence-electron chi connectivity index (χ2n) is 7.45. The van der Waals surface area contributed by atoms with Crippen molar-refractivity contribution in [2.24, 2.45) is 7.05 Å². The number of tetrazole rings is 1. The van der Waals surface area contributed by atoms with E-state index in [0.717, 1.165) is 39.5 Å². The summed E-state index contributed by atoms with van der Waals surface area (Å²) >= 11 is 0. The van der Waals surface area contributed by atoms with Crippen molar-refractivity contribution < 1.29 is 4.74 Å². The summed E-state index contributed by atoms with van der Waals surface area (Å²) in [5, 5.41) is 12.3. The van der Waals surface area contributed by atoms with Gasteiger partial charge in [-0.3, -0.25) is 0 Å². The first kappa shape index (κ1) is 19.6. The molecule has 0 spiro atoms. The van der Waals surface area contributed by atoms with Gasteiger partial charge in [0.2, 0.25) is 0 Å². The Morgan fingerprint density at radius 3 is 2.33 bits per heavy atom. The van der Waals surface area contributed by atoms with Gasteiger partial charge in [-0.1, -0.05) is 12.1 Å². The minimum atomic E-state index is -0.299. The summed E-state index contributed by atoms with van der Waals surface area (Å²) in [5.41, 5.74) is 6.43. The SMILES string of the molecule is Cc1cc(C)n(-c2ccc(OCc3c(C)cccc3-n3nnn(C)c3=O)cc2C)n1. The van der Waals surface area contributed by atoms with Gasteiger partial charge in [0.25, 0.3) is 0 Å². The fourth-order valence-electron chi connectivity index (χ4n) is 3.52. The van der Waals surface area contributed by atoms with Gasteiger partial charge in [-0.05, 0) is 79.6 Å². The number of nitrogens with zero attached hydrogens (tertiary/aromatic N) is 6. The van der Waals surface area contributed by atoms with Crippen LogP contribution in [0, 0.1) is 27.7 Å². The molecule has 0 aliphatic rings. The third-order valence-corrected chi connectivity index (χ3v) is 5.12. The molecular weight excluding hydrogens is 380 g/mol. The van der Waals surface area contributed by atoms with E-state index in [0.29, 0.717) is 12.3 Å². The van der Waals surface area contributed by atoms with Crippen LogP contribution >= 0.6 is 0 Å². The van der Waals surface area contributed by atoms with Crippen LogP contribution < -0.4 is 10.4 Å². The molecule has 30 heavy (non-hydrogen) atoms. The van der Waals surface area contributed by atoms with Crippen LogP contribution in [0.1, 0.15) is 28.1 Å². The molecule has 4 aromatic rings. The first-order chi connectivity index (χ1) is 14.3. The number of rotatable bonds is 5. The Labute approximate surface area is 174 Å². The van der Waals surface area contributed by atoms with Gasteiger partial charge in [0.15, 0.2) is 0 Å². The van der Waals surface area contributed by atoms with Crippen molar-refractivity contribution in [1.29, 1.82) is 0 Å². The Morgan fingerprint density at radius 1 is 0.900 bits per heavy atom. The number of hydrogen-bond acceptors (Lipinski definition) is 5. The smallest absolute Gasteiger partial charge is 0.368 e. The molecule has 0 fully saturated rings. The van der Waals surface area contributed by atoms with Gasteiger partial charge in [0, 0.05) is 18.3 Å². The topological polar surface area (TPSA) is 79.8 Å². The van der Waals surface area contributed by atoms with Gasteiger partial charge in [-0.25, -0.2) is 9.48 Å². The van der Waals surface area contributed by atoms with E-state index in [1.165, 1.54) is 9.36 Å². The van der Waals surface area contributed by atoms with E-state index < -0.39 is 0 Å². The molecule has 2 aromatic carbocycles. The maximum Gasteiger partial charge on any atom is 0.368 e. The molecule has 0 amide bonds. The molecule has 0 radical (unpaired) electrons. The van der Waals surface area contributed by atoms with Gasteiger partial charge in [0.1, 0.15) is 12.4 Å². The third-order valence-electron chi connectivity index (χ3n) is 5.12. The number of benzene rings is 2. The highest BCUT2D eigenvalue weighted by Crippen LogP contribution is 2.24. The summed E-state index contributed by atoms with van der Waals surface area (Å²) in [6, 6.07) is 13.7. The minimum absolute atomic E-state index is 0.299. The molecule has 0 saturated carbocycles. The fraction of sp³-hybridized carbons (Fsp3) is 0.273. The van der Waals surface area contributed by atoms with Crippen molar-refractivity contribution in [3.63, 3.8) is 0 Å². The molecular formula is C22H24N6O2. The summed E-state index contributed by atoms with van der Waals surface area (Å²) < 4.78 is 10.5. The van der Waals surface area contributed by atoms with E-state index in [2.05, 4.69) is 21.6 Å². The first-order valence-electron chi connectivity index (χ1n) is 9.70. The molecule has 0 saturated heterocycles. The van der Waals surface area contributed by atoms with Crippen LogP contribution in [0.15, 0.2) is 47.3 Å². The van der Waals surface area contributed by atoms with Crippen LogP contribution in [0.2, 0.25) is 0 Å². The van der Waals surface area contributed by atoms with Gasteiger partial charge in [0.05, 0.1) is 17.1 Å². The molecule has 2 heterocycles. The van der Waals surface area contributed by atoms with Gasteiger partial charge < -0.3 is 4.74 Å². The average Bonchev–Trinajstić information content (AvgIpc) is 3.21. The van der Waals surface area contributed by atoms with Crippen LogP contribution in [0.4, 0.5) is 0 Å². The van der Waals surface area contributed by atoms with Crippen LogP contribution in [0.25, 0.3) is 11.4 Å². The van der Waals surface area contributed by atoms with E-state index in [1.54, 1.807) is 7.05 Å². The third kappa shape index (κ3) is 3.52. The molecule has 8 nitrogen and oxygen atoms in total. The highest BCUT2D eigenvalue weighted by molar-refractivity contribution is 5.47. The zero-order valence-electron chi connectivity index (χ0n) is 17.7. The zero-order valence-corrected chi connectivity index (χ0v) is 17.7. The fourth-order valence-corrected chi connectivity index (χ4v) is 3.52. The zero-order chi connectivity index (χ0) is 21.4. The molecule has 0 unspecified atom stereocenters. The van der Waals surface area contributed by atoms with Gasteiger partial charge >= 0.3 is 5.69 Å². The van der Waals surface area contributed by atoms with Gasteiger partial charge in [-0.15, -0.1) is 0 Å². The molecule has 0 aliphatic heterocycles. The lowest BCUT2D eigenvalue weighted by Gasteiger charge is -2.14. The monoisotopic (exact) mass is 404 g/mol. The highest BCUT2D eigenvalue weighted by atomic mass is 16.5. The van der Waals surface area contributed by atoms with Crippen LogP contribution in [-0.2, 0) is 13.7 Å². The lowest BCUT2D eigenvalue weighted by atomic mass is 10.1. The molecule has 8 heteroatoms. The molecule has 154 valence electrons. The van der Waals surface area contributed by atoms with E-state index in [4.69, 9.17) is 4.74 Å². The van der Waals surface area contributed by atoms with Crippen LogP contribution in [0.3, 0.4) is 0 Å². The summed E-state index contributed by atoms with van der Waals surface area (Å²) in [6.07, 6.45) is 0. The molecule has 4 rings (SSSR count). The molecule has 2 aromatic heterocycles. The van der Waals surface area contributed by atoms with Crippen molar-refractivity contribution >= 4 is 0 Å². The Morgan fingerprint density at radius 2 is 1.70 bits per heavy atom. The number of ether oxygens (including phenoxy) is 1.